The summed E-state index contributed by atoms with van der Waals surface area (Å²) in [6.07, 6.45) is -0.282. The Bertz CT molecular complexity index is 658. The van der Waals surface area contributed by atoms with Gasteiger partial charge in [0, 0.05) is 17.6 Å². The van der Waals surface area contributed by atoms with Gasteiger partial charge in [-0.1, -0.05) is 15.9 Å². The lowest BCUT2D eigenvalue weighted by molar-refractivity contribution is 0.0695. The molecule has 0 amide bonds. The lowest BCUT2D eigenvalue weighted by atomic mass is 10.1. The number of rotatable bonds is 3. The Kier molecular flexibility index (Phi) is 4.19. The van der Waals surface area contributed by atoms with E-state index in [1.807, 2.05) is 0 Å². The van der Waals surface area contributed by atoms with E-state index in [0.717, 1.165) is 6.07 Å². The van der Waals surface area contributed by atoms with Gasteiger partial charge in [0.05, 0.1) is 16.6 Å². The summed E-state index contributed by atoms with van der Waals surface area (Å²) in [7, 11) is -3.79. The molecule has 8 heteroatoms. The van der Waals surface area contributed by atoms with Crippen LogP contribution < -0.4 is 0 Å². The molecule has 20 heavy (non-hydrogen) atoms. The van der Waals surface area contributed by atoms with Crippen LogP contribution in [0.25, 0.3) is 0 Å². The van der Waals surface area contributed by atoms with E-state index in [1.54, 1.807) is 6.92 Å². The average molecular weight is 364 g/mol. The molecule has 2 N–H and O–H groups in total. The highest BCUT2D eigenvalue weighted by Crippen LogP contribution is 2.28. The van der Waals surface area contributed by atoms with Crippen molar-refractivity contribution in [1.82, 2.24) is 4.31 Å². The zero-order valence-electron chi connectivity index (χ0n) is 10.7. The Labute approximate surface area is 125 Å². The molecule has 110 valence electrons. The number of hydrogen-bond acceptors (Lipinski definition) is 4. The van der Waals surface area contributed by atoms with Gasteiger partial charge in [-0.15, -0.1) is 0 Å². The smallest absolute Gasteiger partial charge is 0.336 e. The van der Waals surface area contributed by atoms with Gasteiger partial charge in [-0.3, -0.25) is 0 Å². The van der Waals surface area contributed by atoms with Crippen molar-refractivity contribution < 1.29 is 23.4 Å². The van der Waals surface area contributed by atoms with E-state index in [9.17, 15) is 18.3 Å². The molecule has 6 nitrogen and oxygen atoms in total. The summed E-state index contributed by atoms with van der Waals surface area (Å²) in [4.78, 5) is 11.1. The van der Waals surface area contributed by atoms with Gasteiger partial charge in [0.15, 0.2) is 0 Å². The zero-order chi connectivity index (χ0) is 15.1. The van der Waals surface area contributed by atoms with Gasteiger partial charge in [0.25, 0.3) is 0 Å². The number of benzene rings is 1. The van der Waals surface area contributed by atoms with E-state index in [1.165, 1.54) is 10.4 Å². The highest BCUT2D eigenvalue weighted by molar-refractivity contribution is 9.10. The molecule has 1 heterocycles. The lowest BCUT2D eigenvalue weighted by Gasteiger charge is -2.17. The van der Waals surface area contributed by atoms with Crippen molar-refractivity contribution >= 4 is 31.9 Å². The third-order valence-electron chi connectivity index (χ3n) is 3.31. The quantitative estimate of drug-likeness (QED) is 0.841. The minimum absolute atomic E-state index is 0.0379. The number of carboxylic acid groups (broad SMARTS) is 1. The van der Waals surface area contributed by atoms with Crippen molar-refractivity contribution in [3.63, 3.8) is 0 Å². The van der Waals surface area contributed by atoms with Crippen LogP contribution in [-0.2, 0) is 10.0 Å². The first-order valence-corrected chi connectivity index (χ1v) is 8.18. The topological polar surface area (TPSA) is 94.9 Å². The van der Waals surface area contributed by atoms with Gasteiger partial charge in [0.2, 0.25) is 10.0 Å². The largest absolute Gasteiger partial charge is 0.478 e. The Hall–Kier alpha value is -0.960. The summed E-state index contributed by atoms with van der Waals surface area (Å²) in [5, 5.41) is 18.6. The molecule has 1 saturated heterocycles. The molecular weight excluding hydrogens is 350 g/mol. The lowest BCUT2D eigenvalue weighted by Crippen LogP contribution is -2.30. The second-order valence-corrected chi connectivity index (χ2v) is 7.48. The van der Waals surface area contributed by atoms with Crippen molar-refractivity contribution in [2.24, 2.45) is 0 Å². The number of sulfonamides is 1. The number of aliphatic hydroxyl groups is 1. The summed E-state index contributed by atoms with van der Waals surface area (Å²) in [6, 6.07) is 2.55. The highest BCUT2D eigenvalue weighted by atomic mass is 79.9. The molecule has 0 radical (unpaired) electrons. The maximum Gasteiger partial charge on any atom is 0.336 e. The molecule has 1 fully saturated rings. The zero-order valence-corrected chi connectivity index (χ0v) is 13.1. The Morgan fingerprint density at radius 1 is 1.45 bits per heavy atom. The number of carbonyl (C=O) groups is 1. The van der Waals surface area contributed by atoms with Crippen molar-refractivity contribution in [1.29, 1.82) is 0 Å². The average Bonchev–Trinajstić information content (AvgIpc) is 2.79. The van der Waals surface area contributed by atoms with Gasteiger partial charge in [-0.25, -0.2) is 13.2 Å². The fraction of sp³-hybridized carbons (Fsp3) is 0.417. The van der Waals surface area contributed by atoms with Crippen LogP contribution in [0.1, 0.15) is 22.3 Å². The fourth-order valence-electron chi connectivity index (χ4n) is 2.10. The molecule has 2 rings (SSSR count). The second kappa shape index (κ2) is 5.44. The van der Waals surface area contributed by atoms with E-state index < -0.39 is 22.1 Å². The van der Waals surface area contributed by atoms with E-state index in [0.29, 0.717) is 16.5 Å². The van der Waals surface area contributed by atoms with Crippen LogP contribution >= 0.6 is 15.9 Å². The van der Waals surface area contributed by atoms with Crippen molar-refractivity contribution in [3.8, 4) is 0 Å². The number of nitrogens with zero attached hydrogens (tertiary/aromatic N) is 1. The molecule has 0 aromatic heterocycles. The molecule has 1 atom stereocenters. The van der Waals surface area contributed by atoms with Gasteiger partial charge < -0.3 is 10.2 Å². The van der Waals surface area contributed by atoms with Crippen LogP contribution in [0.4, 0.5) is 0 Å². The maximum atomic E-state index is 12.4. The van der Waals surface area contributed by atoms with Crippen LogP contribution in [0.5, 0.6) is 0 Å². The third-order valence-corrected chi connectivity index (χ3v) is 5.98. The predicted octanol–water partition coefficient (Wildman–Crippen LogP) is 1.21. The molecular formula is C12H14BrNO5S. The second-order valence-electron chi connectivity index (χ2n) is 4.69. The van der Waals surface area contributed by atoms with Gasteiger partial charge in [0.1, 0.15) is 0 Å². The third kappa shape index (κ3) is 2.73. The normalized spacial score (nSPS) is 20.2. The molecule has 0 aliphatic carbocycles. The summed E-state index contributed by atoms with van der Waals surface area (Å²) in [5.41, 5.74) is 0.413. The standard InChI is InChI=1S/C12H14BrNO5S/c1-7-10(12(16)17)4-9(5-11(7)13)20(18,19)14-3-2-8(15)6-14/h4-5,8,15H,2-3,6H2,1H3,(H,16,17). The Morgan fingerprint density at radius 3 is 2.60 bits per heavy atom. The number of β-amino-alcohol motifs (C(OH)–C–C–N with tert-alkyl or cyclic N) is 1. The number of aromatic carboxylic acids is 1. The highest BCUT2D eigenvalue weighted by Gasteiger charge is 2.32. The monoisotopic (exact) mass is 363 g/mol. The Balaban J connectivity index is 2.50. The molecule has 1 unspecified atom stereocenters. The maximum absolute atomic E-state index is 12.4. The van der Waals surface area contributed by atoms with Crippen LogP contribution in [0.15, 0.2) is 21.5 Å². The summed E-state index contributed by atoms with van der Waals surface area (Å²) in [5.74, 6) is -1.18. The number of aliphatic hydroxyl groups excluding tert-OH is 1. The van der Waals surface area contributed by atoms with Gasteiger partial charge in [-0.2, -0.15) is 4.31 Å². The summed E-state index contributed by atoms with van der Waals surface area (Å²) < 4.78 is 26.4. The van der Waals surface area contributed by atoms with Crippen LogP contribution in [0.2, 0.25) is 0 Å². The summed E-state index contributed by atoms with van der Waals surface area (Å²) >= 11 is 3.18. The van der Waals surface area contributed by atoms with E-state index in [4.69, 9.17) is 5.11 Å². The van der Waals surface area contributed by atoms with E-state index in [-0.39, 0.29) is 23.5 Å². The fourth-order valence-corrected chi connectivity index (χ4v) is 4.26. The van der Waals surface area contributed by atoms with E-state index in [2.05, 4.69) is 15.9 Å². The van der Waals surface area contributed by atoms with Crippen molar-refractivity contribution in [2.45, 2.75) is 24.3 Å². The van der Waals surface area contributed by atoms with Crippen molar-refractivity contribution in [3.05, 3.63) is 27.7 Å². The molecule has 1 aromatic carbocycles. The number of hydrogen-bond donors (Lipinski definition) is 2. The molecule has 1 aliphatic rings. The van der Waals surface area contributed by atoms with Gasteiger partial charge >= 0.3 is 5.97 Å². The SMILES string of the molecule is Cc1c(Br)cc(S(=O)(=O)N2CCC(O)C2)cc1C(=O)O. The molecule has 0 bridgehead atoms. The molecule has 0 saturated carbocycles. The summed E-state index contributed by atoms with van der Waals surface area (Å²) in [6.45, 7) is 1.87. The van der Waals surface area contributed by atoms with Crippen LogP contribution in [0, 0.1) is 6.92 Å². The first-order valence-electron chi connectivity index (χ1n) is 5.95. The van der Waals surface area contributed by atoms with Gasteiger partial charge in [-0.05, 0) is 31.0 Å². The number of halogens is 1. The molecule has 1 aromatic rings. The molecule has 1 aliphatic heterocycles. The predicted molar refractivity (Wildman–Crippen MR) is 75.2 cm³/mol. The van der Waals surface area contributed by atoms with Crippen molar-refractivity contribution in [2.75, 3.05) is 13.1 Å². The Morgan fingerprint density at radius 2 is 2.10 bits per heavy atom. The van der Waals surface area contributed by atoms with Crippen LogP contribution in [0.3, 0.4) is 0 Å². The first-order chi connectivity index (χ1) is 9.23. The van der Waals surface area contributed by atoms with E-state index >= 15 is 0 Å². The molecule has 0 spiro atoms. The first kappa shape index (κ1) is 15.4. The minimum Gasteiger partial charge on any atom is -0.478 e. The van der Waals surface area contributed by atoms with Crippen LogP contribution in [-0.4, -0.2) is 48.1 Å². The number of carboxylic acids is 1. The minimum atomic E-state index is -3.79.